The van der Waals surface area contributed by atoms with Gasteiger partial charge in [0.15, 0.2) is 18.2 Å². The zero-order valence-corrected chi connectivity index (χ0v) is 15.5. The first kappa shape index (κ1) is 19.0. The van der Waals surface area contributed by atoms with E-state index < -0.39 is 5.97 Å². The Morgan fingerprint density at radius 2 is 2.11 bits per heavy atom. The third-order valence-corrected chi connectivity index (χ3v) is 4.63. The Morgan fingerprint density at radius 1 is 1.26 bits per heavy atom. The molecule has 1 aliphatic rings. The number of carbonyl (C=O) groups is 3. The molecule has 0 saturated carbocycles. The SMILES string of the molecule is Cc1cc(NC(=O)CSCC(=O)OCC(=O)c2ccc3c(c2)CCO3)no1. The number of rotatable bonds is 8. The second-order valence-corrected chi connectivity index (χ2v) is 6.85. The van der Waals surface area contributed by atoms with Crippen LogP contribution in [0.2, 0.25) is 0 Å². The molecule has 142 valence electrons. The molecule has 1 amide bonds. The van der Waals surface area contributed by atoms with E-state index in [-0.39, 0.29) is 29.8 Å². The summed E-state index contributed by atoms with van der Waals surface area (Å²) in [5.41, 5.74) is 1.47. The summed E-state index contributed by atoms with van der Waals surface area (Å²) in [6.45, 7) is 2.00. The third kappa shape index (κ3) is 5.33. The minimum atomic E-state index is -0.553. The lowest BCUT2D eigenvalue weighted by atomic mass is 10.1. The van der Waals surface area contributed by atoms with Crippen molar-refractivity contribution in [2.24, 2.45) is 0 Å². The fourth-order valence-corrected chi connectivity index (χ4v) is 3.07. The highest BCUT2D eigenvalue weighted by molar-refractivity contribution is 8.00. The van der Waals surface area contributed by atoms with Crippen LogP contribution in [0, 0.1) is 6.92 Å². The van der Waals surface area contributed by atoms with Crippen LogP contribution in [0.1, 0.15) is 21.7 Å². The van der Waals surface area contributed by atoms with Gasteiger partial charge < -0.3 is 19.3 Å². The van der Waals surface area contributed by atoms with Gasteiger partial charge in [-0.2, -0.15) is 0 Å². The van der Waals surface area contributed by atoms with Gasteiger partial charge in [-0.15, -0.1) is 11.8 Å². The van der Waals surface area contributed by atoms with E-state index in [1.165, 1.54) is 0 Å². The summed E-state index contributed by atoms with van der Waals surface area (Å²) >= 11 is 1.09. The van der Waals surface area contributed by atoms with Crippen LogP contribution >= 0.6 is 11.8 Å². The number of ether oxygens (including phenoxy) is 2. The quantitative estimate of drug-likeness (QED) is 0.539. The van der Waals surface area contributed by atoms with Gasteiger partial charge in [0.05, 0.1) is 18.1 Å². The first-order valence-electron chi connectivity index (χ1n) is 8.27. The first-order valence-corrected chi connectivity index (χ1v) is 9.42. The fourth-order valence-electron chi connectivity index (χ4n) is 2.46. The predicted molar refractivity (Wildman–Crippen MR) is 98.1 cm³/mol. The molecule has 2 heterocycles. The van der Waals surface area contributed by atoms with Gasteiger partial charge >= 0.3 is 5.97 Å². The Morgan fingerprint density at radius 3 is 2.89 bits per heavy atom. The first-order chi connectivity index (χ1) is 13.0. The molecule has 0 bridgehead atoms. The molecule has 27 heavy (non-hydrogen) atoms. The van der Waals surface area contributed by atoms with E-state index in [4.69, 9.17) is 14.0 Å². The Hall–Kier alpha value is -2.81. The largest absolute Gasteiger partial charge is 0.493 e. The second kappa shape index (κ2) is 8.72. The summed E-state index contributed by atoms with van der Waals surface area (Å²) in [6.07, 6.45) is 0.767. The molecular formula is C18H18N2O6S. The summed E-state index contributed by atoms with van der Waals surface area (Å²) in [7, 11) is 0. The minimum Gasteiger partial charge on any atom is -0.493 e. The number of aromatic nitrogens is 1. The van der Waals surface area contributed by atoms with E-state index in [0.29, 0.717) is 23.7 Å². The number of esters is 1. The molecule has 1 aromatic carbocycles. The van der Waals surface area contributed by atoms with E-state index in [0.717, 1.165) is 29.5 Å². The van der Waals surface area contributed by atoms with Gasteiger partial charge in [0.1, 0.15) is 11.5 Å². The summed E-state index contributed by atoms with van der Waals surface area (Å²) in [6, 6.07) is 6.77. The van der Waals surface area contributed by atoms with Crippen molar-refractivity contribution < 1.29 is 28.4 Å². The molecule has 0 unspecified atom stereocenters. The molecule has 0 saturated heterocycles. The normalized spacial score (nSPS) is 12.2. The molecule has 1 aromatic heterocycles. The number of Topliss-reactive ketones (excluding diaryl/α,β-unsaturated/α-hetero) is 1. The van der Waals surface area contributed by atoms with Gasteiger partial charge in [-0.25, -0.2) is 0 Å². The van der Waals surface area contributed by atoms with Crippen LogP contribution in [-0.2, 0) is 20.7 Å². The standard InChI is InChI=1S/C18H18N2O6S/c1-11-6-16(20-26-11)19-17(22)9-27-10-18(23)25-8-14(21)12-2-3-15-13(7-12)4-5-24-15/h2-3,6-7H,4-5,8-10H2,1H3,(H,19,20,22). The summed E-state index contributed by atoms with van der Waals surface area (Å²) in [5.74, 6) is 0.589. The number of benzene rings is 1. The number of hydrogen-bond donors (Lipinski definition) is 1. The molecule has 0 radical (unpaired) electrons. The predicted octanol–water partition coefficient (Wildman–Crippen LogP) is 2.02. The third-order valence-electron chi connectivity index (χ3n) is 3.72. The highest BCUT2D eigenvalue weighted by Crippen LogP contribution is 2.26. The molecule has 3 rings (SSSR count). The number of hydrogen-bond acceptors (Lipinski definition) is 8. The van der Waals surface area contributed by atoms with Crippen LogP contribution in [0.5, 0.6) is 5.75 Å². The molecule has 2 aromatic rings. The Balaban J connectivity index is 1.35. The monoisotopic (exact) mass is 390 g/mol. The van der Waals surface area contributed by atoms with E-state index in [9.17, 15) is 14.4 Å². The van der Waals surface area contributed by atoms with Gasteiger partial charge in [-0.1, -0.05) is 5.16 Å². The Kier molecular flexibility index (Phi) is 6.12. The van der Waals surface area contributed by atoms with E-state index in [2.05, 4.69) is 10.5 Å². The van der Waals surface area contributed by atoms with Crippen molar-refractivity contribution in [1.82, 2.24) is 5.16 Å². The van der Waals surface area contributed by atoms with Crippen molar-refractivity contribution in [2.75, 3.05) is 30.0 Å². The van der Waals surface area contributed by atoms with Crippen LogP contribution in [0.25, 0.3) is 0 Å². The molecule has 8 nitrogen and oxygen atoms in total. The number of anilines is 1. The highest BCUT2D eigenvalue weighted by atomic mass is 32.2. The average molecular weight is 390 g/mol. The molecule has 0 fully saturated rings. The number of thioether (sulfide) groups is 1. The number of nitrogens with zero attached hydrogens (tertiary/aromatic N) is 1. The maximum atomic E-state index is 12.1. The molecule has 0 spiro atoms. The number of carbonyl (C=O) groups excluding carboxylic acids is 3. The van der Waals surface area contributed by atoms with Gasteiger partial charge in [-0.3, -0.25) is 14.4 Å². The fraction of sp³-hybridized carbons (Fsp3) is 0.333. The highest BCUT2D eigenvalue weighted by Gasteiger charge is 2.16. The number of ketones is 1. The topological polar surface area (TPSA) is 108 Å². The summed E-state index contributed by atoms with van der Waals surface area (Å²) in [4.78, 5) is 35.6. The van der Waals surface area contributed by atoms with Gasteiger partial charge in [0.2, 0.25) is 5.91 Å². The molecule has 0 aliphatic carbocycles. The Bertz CT molecular complexity index is 863. The number of amides is 1. The van der Waals surface area contributed by atoms with E-state index in [1.54, 1.807) is 31.2 Å². The molecular weight excluding hydrogens is 372 g/mol. The lowest BCUT2D eigenvalue weighted by Gasteiger charge is -2.06. The maximum absolute atomic E-state index is 12.1. The second-order valence-electron chi connectivity index (χ2n) is 5.87. The van der Waals surface area contributed by atoms with Crippen molar-refractivity contribution in [3.05, 3.63) is 41.2 Å². The Labute approximate surface area is 159 Å². The van der Waals surface area contributed by atoms with Crippen LogP contribution in [-0.4, -0.2) is 47.5 Å². The maximum Gasteiger partial charge on any atom is 0.316 e. The minimum absolute atomic E-state index is 0.0312. The summed E-state index contributed by atoms with van der Waals surface area (Å²) in [5, 5.41) is 6.19. The molecule has 0 atom stereocenters. The van der Waals surface area contributed by atoms with Crippen LogP contribution in [0.3, 0.4) is 0 Å². The number of nitrogens with one attached hydrogen (secondary N) is 1. The smallest absolute Gasteiger partial charge is 0.316 e. The van der Waals surface area contributed by atoms with Crippen molar-refractivity contribution in [2.45, 2.75) is 13.3 Å². The zero-order chi connectivity index (χ0) is 19.2. The lowest BCUT2D eigenvalue weighted by molar-refractivity contribution is -0.139. The molecule has 1 N–H and O–H groups in total. The van der Waals surface area contributed by atoms with Crippen LogP contribution in [0.15, 0.2) is 28.8 Å². The van der Waals surface area contributed by atoms with Crippen molar-refractivity contribution >= 4 is 35.2 Å². The van der Waals surface area contributed by atoms with Crippen molar-refractivity contribution in [3.63, 3.8) is 0 Å². The van der Waals surface area contributed by atoms with Crippen molar-refractivity contribution in [3.8, 4) is 5.75 Å². The molecule has 9 heteroatoms. The van der Waals surface area contributed by atoms with E-state index >= 15 is 0 Å². The van der Waals surface area contributed by atoms with Gasteiger partial charge in [0.25, 0.3) is 0 Å². The average Bonchev–Trinajstić information content (AvgIpc) is 3.27. The summed E-state index contributed by atoms with van der Waals surface area (Å²) < 4.78 is 15.2. The number of fused-ring (bicyclic) bond motifs is 1. The lowest BCUT2D eigenvalue weighted by Crippen LogP contribution is -2.18. The molecule has 1 aliphatic heterocycles. The number of aryl methyl sites for hydroxylation is 1. The van der Waals surface area contributed by atoms with Gasteiger partial charge in [0, 0.05) is 18.1 Å². The van der Waals surface area contributed by atoms with E-state index in [1.807, 2.05) is 0 Å². The van der Waals surface area contributed by atoms with Crippen LogP contribution in [0.4, 0.5) is 5.82 Å². The van der Waals surface area contributed by atoms with Crippen LogP contribution < -0.4 is 10.1 Å². The zero-order valence-electron chi connectivity index (χ0n) is 14.6. The van der Waals surface area contributed by atoms with Crippen molar-refractivity contribution in [1.29, 1.82) is 0 Å². The van der Waals surface area contributed by atoms with Gasteiger partial charge in [-0.05, 0) is 30.7 Å².